The Hall–Kier alpha value is -1.22. The summed E-state index contributed by atoms with van der Waals surface area (Å²) >= 11 is 0. The van der Waals surface area contributed by atoms with E-state index in [1.54, 1.807) is 6.92 Å². The Morgan fingerprint density at radius 2 is 2.14 bits per heavy atom. The summed E-state index contributed by atoms with van der Waals surface area (Å²) in [6.07, 6.45) is 5.73. The summed E-state index contributed by atoms with van der Waals surface area (Å²) in [6.45, 7) is 1.61. The van der Waals surface area contributed by atoms with Crippen LogP contribution in [0.2, 0.25) is 0 Å². The highest BCUT2D eigenvalue weighted by Crippen LogP contribution is 2.17. The van der Waals surface area contributed by atoms with Crippen LogP contribution in [0.25, 0.3) is 10.4 Å². The van der Waals surface area contributed by atoms with E-state index in [1.165, 1.54) is 19.3 Å². The molecule has 78 valence electrons. The van der Waals surface area contributed by atoms with Gasteiger partial charge in [-0.1, -0.05) is 24.4 Å². The number of azide groups is 1. The van der Waals surface area contributed by atoms with Crippen LogP contribution in [0.4, 0.5) is 0 Å². The maximum atomic E-state index is 11.4. The fourth-order valence-corrected chi connectivity index (χ4v) is 1.70. The molecule has 0 aromatic heterocycles. The summed E-state index contributed by atoms with van der Waals surface area (Å²) in [5.74, 6) is -0.158. The van der Waals surface area contributed by atoms with Gasteiger partial charge >= 0.3 is 0 Å². The lowest BCUT2D eigenvalue weighted by Gasteiger charge is -2.23. The molecule has 1 N–H and O–H groups in total. The van der Waals surface area contributed by atoms with Crippen molar-refractivity contribution in [2.75, 3.05) is 0 Å². The Kier molecular flexibility index (Phi) is 4.26. The standard InChI is InChI=1S/C9H16N4O/c1-7(12-13-10)9(14)11-8-5-3-2-4-6-8/h7-8H,2-6H2,1H3,(H,11,14). The number of nitrogens with one attached hydrogen (secondary N) is 1. The van der Waals surface area contributed by atoms with Gasteiger partial charge < -0.3 is 5.32 Å². The molecular weight excluding hydrogens is 180 g/mol. The molecule has 0 heterocycles. The highest BCUT2D eigenvalue weighted by molar-refractivity contribution is 5.81. The first-order valence-corrected chi connectivity index (χ1v) is 5.08. The molecule has 0 radical (unpaired) electrons. The highest BCUT2D eigenvalue weighted by atomic mass is 16.2. The lowest BCUT2D eigenvalue weighted by atomic mass is 9.95. The zero-order valence-corrected chi connectivity index (χ0v) is 8.44. The Morgan fingerprint density at radius 3 is 2.71 bits per heavy atom. The first-order chi connectivity index (χ1) is 6.74. The van der Waals surface area contributed by atoms with Gasteiger partial charge in [-0.05, 0) is 25.3 Å². The predicted molar refractivity (Wildman–Crippen MR) is 53.6 cm³/mol. The second kappa shape index (κ2) is 5.50. The number of carbonyl (C=O) groups excluding carboxylic acids is 1. The summed E-state index contributed by atoms with van der Waals surface area (Å²) in [5.41, 5.74) is 8.17. The van der Waals surface area contributed by atoms with Gasteiger partial charge in [-0.25, -0.2) is 0 Å². The van der Waals surface area contributed by atoms with Gasteiger partial charge in [0, 0.05) is 11.0 Å². The Balaban J connectivity index is 2.34. The van der Waals surface area contributed by atoms with Crippen molar-refractivity contribution in [1.29, 1.82) is 0 Å². The van der Waals surface area contributed by atoms with Gasteiger partial charge in [0.05, 0.1) is 0 Å². The zero-order chi connectivity index (χ0) is 10.4. The van der Waals surface area contributed by atoms with E-state index in [1.807, 2.05) is 0 Å². The number of hydrogen-bond donors (Lipinski definition) is 1. The molecule has 1 fully saturated rings. The summed E-state index contributed by atoms with van der Waals surface area (Å²) in [7, 11) is 0. The summed E-state index contributed by atoms with van der Waals surface area (Å²) in [4.78, 5) is 14.0. The minimum atomic E-state index is -0.595. The number of carbonyl (C=O) groups is 1. The largest absolute Gasteiger partial charge is 0.353 e. The fourth-order valence-electron chi connectivity index (χ4n) is 1.70. The molecule has 1 amide bonds. The van der Waals surface area contributed by atoms with Crippen molar-refractivity contribution < 1.29 is 4.79 Å². The molecule has 1 unspecified atom stereocenters. The van der Waals surface area contributed by atoms with Crippen molar-refractivity contribution in [2.45, 2.75) is 51.1 Å². The SMILES string of the molecule is CC(N=[N+]=[N-])C(=O)NC1CCCCC1. The Bertz CT molecular complexity index is 241. The Morgan fingerprint density at radius 1 is 1.50 bits per heavy atom. The third-order valence-corrected chi connectivity index (χ3v) is 2.56. The van der Waals surface area contributed by atoms with Crippen molar-refractivity contribution in [2.24, 2.45) is 5.11 Å². The minimum absolute atomic E-state index is 0.158. The first-order valence-electron chi connectivity index (χ1n) is 5.08. The van der Waals surface area contributed by atoms with Crippen LogP contribution in [0.3, 0.4) is 0 Å². The molecule has 0 saturated heterocycles. The number of nitrogens with zero attached hydrogens (tertiary/aromatic N) is 3. The second-order valence-electron chi connectivity index (χ2n) is 3.72. The van der Waals surface area contributed by atoms with Crippen molar-refractivity contribution in [3.05, 3.63) is 10.4 Å². The monoisotopic (exact) mass is 196 g/mol. The van der Waals surface area contributed by atoms with Gasteiger partial charge in [0.25, 0.3) is 0 Å². The normalized spacial score (nSPS) is 19.5. The highest BCUT2D eigenvalue weighted by Gasteiger charge is 2.18. The molecular formula is C9H16N4O. The van der Waals surface area contributed by atoms with Crippen LogP contribution in [0.1, 0.15) is 39.0 Å². The topological polar surface area (TPSA) is 77.9 Å². The van der Waals surface area contributed by atoms with E-state index in [9.17, 15) is 4.79 Å². The van der Waals surface area contributed by atoms with E-state index in [4.69, 9.17) is 5.53 Å². The van der Waals surface area contributed by atoms with Crippen LogP contribution in [-0.2, 0) is 4.79 Å². The van der Waals surface area contributed by atoms with Gasteiger partial charge in [-0.2, -0.15) is 0 Å². The molecule has 0 aliphatic heterocycles. The number of amides is 1. The molecule has 5 heteroatoms. The average Bonchev–Trinajstić information content (AvgIpc) is 2.19. The lowest BCUT2D eigenvalue weighted by Crippen LogP contribution is -2.40. The van der Waals surface area contributed by atoms with Gasteiger partial charge in [0.15, 0.2) is 0 Å². The van der Waals surface area contributed by atoms with Gasteiger partial charge in [-0.3, -0.25) is 4.79 Å². The zero-order valence-electron chi connectivity index (χ0n) is 8.44. The van der Waals surface area contributed by atoms with Crippen LogP contribution in [-0.4, -0.2) is 18.0 Å². The molecule has 1 rings (SSSR count). The molecule has 1 saturated carbocycles. The van der Waals surface area contributed by atoms with Crippen LogP contribution < -0.4 is 5.32 Å². The number of hydrogen-bond acceptors (Lipinski definition) is 2. The predicted octanol–water partition coefficient (Wildman–Crippen LogP) is 2.13. The van der Waals surface area contributed by atoms with Crippen LogP contribution in [0.5, 0.6) is 0 Å². The smallest absolute Gasteiger partial charge is 0.228 e. The summed E-state index contributed by atoms with van der Waals surface area (Å²) in [6, 6.07) is -0.311. The van der Waals surface area contributed by atoms with E-state index in [0.717, 1.165) is 12.8 Å². The first kappa shape index (κ1) is 10.9. The molecule has 0 aromatic rings. The van der Waals surface area contributed by atoms with E-state index in [2.05, 4.69) is 15.3 Å². The minimum Gasteiger partial charge on any atom is -0.353 e. The van der Waals surface area contributed by atoms with Crippen LogP contribution in [0.15, 0.2) is 5.11 Å². The van der Waals surface area contributed by atoms with Crippen molar-refractivity contribution in [3.63, 3.8) is 0 Å². The van der Waals surface area contributed by atoms with E-state index in [-0.39, 0.29) is 11.9 Å². The van der Waals surface area contributed by atoms with Gasteiger partial charge in [0.1, 0.15) is 6.04 Å². The Labute approximate surface area is 83.5 Å². The molecule has 5 nitrogen and oxygen atoms in total. The van der Waals surface area contributed by atoms with E-state index >= 15 is 0 Å². The lowest BCUT2D eigenvalue weighted by molar-refractivity contribution is -0.122. The molecule has 0 spiro atoms. The van der Waals surface area contributed by atoms with E-state index < -0.39 is 6.04 Å². The number of rotatable bonds is 3. The fraction of sp³-hybridized carbons (Fsp3) is 0.889. The molecule has 1 atom stereocenters. The maximum Gasteiger partial charge on any atom is 0.228 e. The van der Waals surface area contributed by atoms with Crippen molar-refractivity contribution >= 4 is 5.91 Å². The average molecular weight is 196 g/mol. The van der Waals surface area contributed by atoms with Gasteiger partial charge in [0.2, 0.25) is 5.91 Å². The van der Waals surface area contributed by atoms with Crippen LogP contribution in [0, 0.1) is 0 Å². The maximum absolute atomic E-state index is 11.4. The van der Waals surface area contributed by atoms with E-state index in [0.29, 0.717) is 0 Å². The van der Waals surface area contributed by atoms with Crippen molar-refractivity contribution in [3.8, 4) is 0 Å². The quantitative estimate of drug-likeness (QED) is 0.419. The van der Waals surface area contributed by atoms with Gasteiger partial charge in [-0.15, -0.1) is 0 Å². The van der Waals surface area contributed by atoms with Crippen LogP contribution >= 0.6 is 0 Å². The molecule has 1 aliphatic carbocycles. The third-order valence-electron chi connectivity index (χ3n) is 2.56. The molecule has 0 aromatic carbocycles. The van der Waals surface area contributed by atoms with Crippen molar-refractivity contribution in [1.82, 2.24) is 5.32 Å². The molecule has 14 heavy (non-hydrogen) atoms. The molecule has 0 bridgehead atoms. The summed E-state index contributed by atoms with van der Waals surface area (Å²) < 4.78 is 0. The molecule has 1 aliphatic rings. The third kappa shape index (κ3) is 3.26. The summed E-state index contributed by atoms with van der Waals surface area (Å²) in [5, 5.41) is 6.26. The second-order valence-corrected chi connectivity index (χ2v) is 3.72.